The summed E-state index contributed by atoms with van der Waals surface area (Å²) in [6.45, 7) is 8.61. The topological polar surface area (TPSA) is 104 Å². The van der Waals surface area contributed by atoms with Crippen LogP contribution < -0.4 is 0 Å². The summed E-state index contributed by atoms with van der Waals surface area (Å²) in [7, 11) is 1.68. The molecule has 0 spiro atoms. The van der Waals surface area contributed by atoms with Gasteiger partial charge in [0, 0.05) is 11.9 Å². The van der Waals surface area contributed by atoms with Crippen molar-refractivity contribution < 1.29 is 4.92 Å². The van der Waals surface area contributed by atoms with E-state index < -0.39 is 4.92 Å². The Morgan fingerprint density at radius 2 is 2.13 bits per heavy atom. The highest BCUT2D eigenvalue weighted by molar-refractivity contribution is 7.19. The van der Waals surface area contributed by atoms with Crippen LogP contribution in [0.4, 0.5) is 5.69 Å². The fourth-order valence-electron chi connectivity index (χ4n) is 4.75. The first-order valence-electron chi connectivity index (χ1n) is 10.5. The molecule has 1 aliphatic carbocycles. The molecule has 0 aromatic carbocycles. The van der Waals surface area contributed by atoms with Gasteiger partial charge in [-0.1, -0.05) is 27.2 Å². The van der Waals surface area contributed by atoms with E-state index in [9.17, 15) is 10.1 Å². The molecule has 4 aromatic heterocycles. The van der Waals surface area contributed by atoms with Crippen LogP contribution in [0.3, 0.4) is 0 Å². The number of aromatic nitrogens is 6. The average Bonchev–Trinajstić information content (AvgIpc) is 3.38. The van der Waals surface area contributed by atoms with Crippen molar-refractivity contribution in [3.8, 4) is 11.5 Å². The van der Waals surface area contributed by atoms with Gasteiger partial charge in [-0.2, -0.15) is 5.10 Å². The molecular weight excluding hydrogens is 414 g/mol. The first-order chi connectivity index (χ1) is 14.7. The van der Waals surface area contributed by atoms with E-state index in [1.54, 1.807) is 36.2 Å². The Morgan fingerprint density at radius 3 is 2.84 bits per heavy atom. The van der Waals surface area contributed by atoms with Gasteiger partial charge < -0.3 is 0 Å². The van der Waals surface area contributed by atoms with E-state index in [0.29, 0.717) is 34.2 Å². The van der Waals surface area contributed by atoms with E-state index in [-0.39, 0.29) is 5.69 Å². The van der Waals surface area contributed by atoms with Crippen LogP contribution >= 0.6 is 11.3 Å². The van der Waals surface area contributed by atoms with Crippen molar-refractivity contribution in [2.45, 2.75) is 53.4 Å². The molecule has 0 amide bonds. The van der Waals surface area contributed by atoms with E-state index in [1.807, 2.05) is 0 Å². The predicted molar refractivity (Wildman–Crippen MR) is 119 cm³/mol. The third kappa shape index (κ3) is 2.95. The maximum Gasteiger partial charge on any atom is 0.321 e. The number of hydrogen-bond acceptors (Lipinski definition) is 7. The lowest BCUT2D eigenvalue weighted by Crippen LogP contribution is -2.28. The van der Waals surface area contributed by atoms with Gasteiger partial charge in [-0.05, 0) is 43.1 Å². The summed E-state index contributed by atoms with van der Waals surface area (Å²) in [6.07, 6.45) is 6.03. The van der Waals surface area contributed by atoms with Gasteiger partial charge in [-0.3, -0.25) is 14.8 Å². The zero-order valence-corrected chi connectivity index (χ0v) is 19.2. The van der Waals surface area contributed by atoms with E-state index in [4.69, 9.17) is 4.98 Å². The number of aryl methyl sites for hydroxylation is 3. The first-order valence-corrected chi connectivity index (χ1v) is 11.4. The minimum atomic E-state index is -0.417. The van der Waals surface area contributed by atoms with Crippen molar-refractivity contribution in [1.29, 1.82) is 0 Å². The average molecular weight is 440 g/mol. The number of fused-ring (bicyclic) bond motifs is 5. The second kappa shape index (κ2) is 6.81. The highest BCUT2D eigenvalue weighted by Gasteiger charge is 2.34. The van der Waals surface area contributed by atoms with Gasteiger partial charge in [0.05, 0.1) is 10.3 Å². The quantitative estimate of drug-likeness (QED) is 0.343. The SMILES string of the molecule is CCC(C)(C)[C@H]1CCc2c(sc3ncn4nc(-c5c([N+](=O)[O-])c(C)nn5C)nc4c23)C1. The zero-order valence-electron chi connectivity index (χ0n) is 18.3. The Balaban J connectivity index is 1.67. The molecule has 31 heavy (non-hydrogen) atoms. The third-order valence-electron chi connectivity index (χ3n) is 6.99. The molecule has 1 atom stereocenters. The molecular formula is C21H25N7O2S. The van der Waals surface area contributed by atoms with Crippen molar-refractivity contribution in [2.24, 2.45) is 18.4 Å². The standard InChI is InChI=1S/C21H25N7O2S/c1-6-21(3,4)12-7-8-13-14(9-12)31-20-15(13)19-23-18(25-27(19)10-22-20)17-16(28(29)30)11(2)24-26(17)5/h10,12H,6-9H2,1-5H3/t12-/m0/s1. The van der Waals surface area contributed by atoms with E-state index in [0.717, 1.165) is 35.9 Å². The number of thiophene rings is 1. The monoisotopic (exact) mass is 439 g/mol. The van der Waals surface area contributed by atoms with Crippen molar-refractivity contribution in [3.05, 3.63) is 32.6 Å². The van der Waals surface area contributed by atoms with Gasteiger partial charge in [-0.25, -0.2) is 14.5 Å². The van der Waals surface area contributed by atoms with Crippen LogP contribution in [0.25, 0.3) is 27.4 Å². The second-order valence-electron chi connectivity index (χ2n) is 9.08. The van der Waals surface area contributed by atoms with Crippen molar-refractivity contribution >= 4 is 32.9 Å². The summed E-state index contributed by atoms with van der Waals surface area (Å²) >= 11 is 1.75. The largest absolute Gasteiger partial charge is 0.321 e. The molecule has 0 fully saturated rings. The summed E-state index contributed by atoms with van der Waals surface area (Å²) in [5.41, 5.74) is 2.94. The van der Waals surface area contributed by atoms with Crippen LogP contribution in [0.15, 0.2) is 6.33 Å². The molecule has 0 aliphatic heterocycles. The van der Waals surface area contributed by atoms with Gasteiger partial charge in [-0.15, -0.1) is 16.4 Å². The predicted octanol–water partition coefficient (Wildman–Crippen LogP) is 4.50. The lowest BCUT2D eigenvalue weighted by Gasteiger charge is -2.36. The zero-order chi connectivity index (χ0) is 22.1. The Hall–Kier alpha value is -2.88. The van der Waals surface area contributed by atoms with Crippen molar-refractivity contribution in [2.75, 3.05) is 0 Å². The normalized spacial score (nSPS) is 16.9. The number of nitro groups is 1. The summed E-state index contributed by atoms with van der Waals surface area (Å²) in [5.74, 6) is 0.951. The second-order valence-corrected chi connectivity index (χ2v) is 10.2. The van der Waals surface area contributed by atoms with Gasteiger partial charge in [0.25, 0.3) is 0 Å². The molecule has 4 heterocycles. The number of hydrogen-bond donors (Lipinski definition) is 0. The molecule has 0 saturated carbocycles. The Labute approximate surface area is 183 Å². The Morgan fingerprint density at radius 1 is 1.35 bits per heavy atom. The lowest BCUT2D eigenvalue weighted by molar-refractivity contribution is -0.384. The van der Waals surface area contributed by atoms with Crippen LogP contribution in [0.1, 0.15) is 49.7 Å². The third-order valence-corrected chi connectivity index (χ3v) is 8.15. The van der Waals surface area contributed by atoms with Gasteiger partial charge in [0.1, 0.15) is 16.9 Å². The Kier molecular flexibility index (Phi) is 4.40. The molecule has 5 rings (SSSR count). The van der Waals surface area contributed by atoms with E-state index >= 15 is 0 Å². The molecule has 1 aliphatic rings. The highest BCUT2D eigenvalue weighted by atomic mass is 32.1. The van der Waals surface area contributed by atoms with Crippen LogP contribution in [0.2, 0.25) is 0 Å². The minimum Gasteiger partial charge on any atom is -0.258 e. The maximum absolute atomic E-state index is 11.6. The van der Waals surface area contributed by atoms with Crippen LogP contribution in [0.5, 0.6) is 0 Å². The molecule has 9 nitrogen and oxygen atoms in total. The van der Waals surface area contributed by atoms with E-state index in [2.05, 4.69) is 36.0 Å². The summed E-state index contributed by atoms with van der Waals surface area (Å²) in [6, 6.07) is 0. The van der Waals surface area contributed by atoms with E-state index in [1.165, 1.54) is 15.1 Å². The van der Waals surface area contributed by atoms with Gasteiger partial charge in [0.2, 0.25) is 5.82 Å². The van der Waals surface area contributed by atoms with Gasteiger partial charge >= 0.3 is 5.69 Å². The maximum atomic E-state index is 11.6. The highest BCUT2D eigenvalue weighted by Crippen LogP contribution is 2.45. The smallest absolute Gasteiger partial charge is 0.258 e. The lowest BCUT2D eigenvalue weighted by atomic mass is 9.70. The van der Waals surface area contributed by atoms with Crippen molar-refractivity contribution in [3.63, 3.8) is 0 Å². The van der Waals surface area contributed by atoms with Crippen molar-refractivity contribution in [1.82, 2.24) is 29.4 Å². The molecule has 4 aromatic rings. The molecule has 162 valence electrons. The van der Waals surface area contributed by atoms with Crippen LogP contribution in [-0.4, -0.2) is 34.3 Å². The molecule has 0 unspecified atom stereocenters. The van der Waals surface area contributed by atoms with Gasteiger partial charge in [0.15, 0.2) is 11.3 Å². The van der Waals surface area contributed by atoms with Crippen LogP contribution in [-0.2, 0) is 19.9 Å². The fraction of sp³-hybridized carbons (Fsp3) is 0.524. The molecule has 0 N–H and O–H groups in total. The first kappa shape index (κ1) is 20.0. The van der Waals surface area contributed by atoms with Crippen LogP contribution in [0, 0.1) is 28.4 Å². The summed E-state index contributed by atoms with van der Waals surface area (Å²) in [4.78, 5) is 22.9. The minimum absolute atomic E-state index is 0.0559. The molecule has 10 heteroatoms. The molecule has 0 bridgehead atoms. The summed E-state index contributed by atoms with van der Waals surface area (Å²) < 4.78 is 3.12. The molecule has 0 radical (unpaired) electrons. The summed E-state index contributed by atoms with van der Waals surface area (Å²) in [5, 5.41) is 21.4. The number of nitrogens with zero attached hydrogens (tertiary/aromatic N) is 7. The fourth-order valence-corrected chi connectivity index (χ4v) is 6.01. The number of rotatable bonds is 4. The Bertz CT molecular complexity index is 1350. The molecule has 0 saturated heterocycles.